The SMILES string of the molecule is CCOc1c(CC(N)=O)cc([C@@](O)(CNC(=O)c2cc(NC(=O)NCC(C)(C)O)c3nc(C)c(C)cc3c2)C(F)(F)F)nc1-c1ccc(F)cc1. The lowest BCUT2D eigenvalue weighted by Gasteiger charge is -2.31. The lowest BCUT2D eigenvalue weighted by atomic mass is 9.93. The van der Waals surface area contributed by atoms with Crippen molar-refractivity contribution >= 4 is 34.4 Å². The highest BCUT2D eigenvalue weighted by Gasteiger charge is 2.56. The van der Waals surface area contributed by atoms with Crippen LogP contribution in [0.5, 0.6) is 5.75 Å². The van der Waals surface area contributed by atoms with Crippen molar-refractivity contribution in [2.24, 2.45) is 5.73 Å². The maximum absolute atomic E-state index is 14.8. The Bertz CT molecular complexity index is 1960. The first kappa shape index (κ1) is 38.5. The van der Waals surface area contributed by atoms with Crippen molar-refractivity contribution in [3.8, 4) is 17.0 Å². The summed E-state index contributed by atoms with van der Waals surface area (Å²) >= 11 is 0. The van der Waals surface area contributed by atoms with Crippen molar-refractivity contribution in [3.05, 3.63) is 82.4 Å². The maximum Gasteiger partial charge on any atom is 0.424 e. The minimum atomic E-state index is -5.43. The number of primary amides is 1. The zero-order chi connectivity index (χ0) is 37.9. The minimum Gasteiger partial charge on any atom is -0.491 e. The Labute approximate surface area is 290 Å². The summed E-state index contributed by atoms with van der Waals surface area (Å²) in [5.41, 5.74) is 0.595. The van der Waals surface area contributed by atoms with E-state index < -0.39 is 59.7 Å². The van der Waals surface area contributed by atoms with Gasteiger partial charge in [-0.05, 0) is 88.7 Å². The largest absolute Gasteiger partial charge is 0.491 e. The number of fused-ring (bicyclic) bond motifs is 1. The van der Waals surface area contributed by atoms with Crippen LogP contribution in [-0.2, 0) is 16.8 Å². The van der Waals surface area contributed by atoms with Gasteiger partial charge in [0.15, 0.2) is 0 Å². The number of amides is 4. The van der Waals surface area contributed by atoms with Crippen LogP contribution in [0.3, 0.4) is 0 Å². The van der Waals surface area contributed by atoms with Crippen LogP contribution in [-0.4, -0.2) is 69.5 Å². The molecule has 7 N–H and O–H groups in total. The second-order valence-electron chi connectivity index (χ2n) is 12.6. The minimum absolute atomic E-state index is 0.0128. The number of rotatable bonds is 12. The zero-order valence-corrected chi connectivity index (χ0v) is 28.5. The number of aliphatic hydroxyl groups is 2. The molecule has 0 aliphatic carbocycles. The van der Waals surface area contributed by atoms with Crippen molar-refractivity contribution in [3.63, 3.8) is 0 Å². The molecule has 0 aliphatic heterocycles. The van der Waals surface area contributed by atoms with E-state index >= 15 is 0 Å². The molecule has 16 heteroatoms. The number of hydrogen-bond donors (Lipinski definition) is 6. The standard InChI is InChI=1S/C35H38F4N6O6/c1-6-51-30-22(15-27(40)46)14-26(45-29(30)20-7-9-24(36)10-8-20)34(50,35(37,38)39)17-41-31(47)23-12-21-11-18(2)19(3)43-28(21)25(13-23)44-32(48)42-16-33(4,5)49/h7-14,49-50H,6,15-17H2,1-5H3,(H2,40,46)(H,41,47)(H2,42,44,48)/t34-/m0/s1. The lowest BCUT2D eigenvalue weighted by molar-refractivity contribution is -0.265. The molecule has 51 heavy (non-hydrogen) atoms. The van der Waals surface area contributed by atoms with Crippen LogP contribution in [0.2, 0.25) is 0 Å². The van der Waals surface area contributed by atoms with E-state index in [-0.39, 0.29) is 52.5 Å². The topological polar surface area (TPSA) is 189 Å². The molecule has 0 fully saturated rings. The molecule has 272 valence electrons. The summed E-state index contributed by atoms with van der Waals surface area (Å²) < 4.78 is 63.9. The third-order valence-electron chi connectivity index (χ3n) is 7.77. The lowest BCUT2D eigenvalue weighted by Crippen LogP contribution is -2.51. The van der Waals surface area contributed by atoms with Crippen LogP contribution < -0.4 is 26.4 Å². The van der Waals surface area contributed by atoms with Crippen molar-refractivity contribution in [2.75, 3.05) is 25.0 Å². The van der Waals surface area contributed by atoms with Gasteiger partial charge in [0.25, 0.3) is 5.91 Å². The first-order chi connectivity index (χ1) is 23.7. The second-order valence-corrected chi connectivity index (χ2v) is 12.6. The van der Waals surface area contributed by atoms with Gasteiger partial charge in [0, 0.05) is 34.3 Å². The number of nitrogens with two attached hydrogens (primary N) is 1. The Morgan fingerprint density at radius 2 is 1.61 bits per heavy atom. The number of pyridine rings is 2. The van der Waals surface area contributed by atoms with Crippen molar-refractivity contribution in [1.82, 2.24) is 20.6 Å². The van der Waals surface area contributed by atoms with Crippen LogP contribution in [0, 0.1) is 19.7 Å². The van der Waals surface area contributed by atoms with Crippen LogP contribution >= 0.6 is 0 Å². The number of ether oxygens (including phenoxy) is 1. The monoisotopic (exact) mass is 714 g/mol. The number of anilines is 1. The Balaban J connectivity index is 1.77. The molecule has 0 radical (unpaired) electrons. The molecule has 0 bridgehead atoms. The van der Waals surface area contributed by atoms with Crippen molar-refractivity contribution in [1.29, 1.82) is 0 Å². The Morgan fingerprint density at radius 3 is 2.20 bits per heavy atom. The van der Waals surface area contributed by atoms with E-state index in [0.717, 1.165) is 23.8 Å². The summed E-state index contributed by atoms with van der Waals surface area (Å²) in [5, 5.41) is 28.9. The van der Waals surface area contributed by atoms with Crippen LogP contribution in [0.25, 0.3) is 22.2 Å². The molecule has 4 rings (SSSR count). The van der Waals surface area contributed by atoms with Crippen LogP contribution in [0.4, 0.5) is 28.0 Å². The zero-order valence-electron chi connectivity index (χ0n) is 28.5. The molecule has 0 aliphatic rings. The van der Waals surface area contributed by atoms with Gasteiger partial charge in [-0.25, -0.2) is 14.2 Å². The number of nitrogens with zero attached hydrogens (tertiary/aromatic N) is 2. The smallest absolute Gasteiger partial charge is 0.424 e. The number of hydrogen-bond acceptors (Lipinski definition) is 8. The molecule has 4 amide bonds. The van der Waals surface area contributed by atoms with Gasteiger partial charge in [0.1, 0.15) is 17.3 Å². The number of alkyl halides is 3. The molecule has 2 aromatic heterocycles. The molecule has 4 aromatic rings. The molecule has 1 atom stereocenters. The fourth-order valence-electron chi connectivity index (χ4n) is 5.05. The highest BCUT2D eigenvalue weighted by molar-refractivity contribution is 6.05. The average molecular weight is 715 g/mol. The first-order valence-corrected chi connectivity index (χ1v) is 15.7. The molecular formula is C35H38F4N6O6. The molecule has 0 saturated heterocycles. The third-order valence-corrected chi connectivity index (χ3v) is 7.77. The summed E-state index contributed by atoms with van der Waals surface area (Å²) in [6.45, 7) is 6.50. The second kappa shape index (κ2) is 14.9. The van der Waals surface area contributed by atoms with Crippen LogP contribution in [0.1, 0.15) is 53.6 Å². The summed E-state index contributed by atoms with van der Waals surface area (Å²) in [6.07, 6.45) is -6.03. The van der Waals surface area contributed by atoms with E-state index in [1.807, 2.05) is 0 Å². The Kier molecular flexibility index (Phi) is 11.2. The Morgan fingerprint density at radius 1 is 0.941 bits per heavy atom. The van der Waals surface area contributed by atoms with E-state index in [1.54, 1.807) is 26.8 Å². The number of aryl methyl sites for hydroxylation is 2. The van der Waals surface area contributed by atoms with Gasteiger partial charge in [-0.2, -0.15) is 13.2 Å². The maximum atomic E-state index is 14.8. The summed E-state index contributed by atoms with van der Waals surface area (Å²) in [6, 6.07) is 8.91. The number of halogens is 4. The normalized spacial score (nSPS) is 13.0. The summed E-state index contributed by atoms with van der Waals surface area (Å²) in [5.74, 6) is -2.71. The molecule has 12 nitrogen and oxygen atoms in total. The number of nitrogens with one attached hydrogen (secondary N) is 3. The quantitative estimate of drug-likeness (QED) is 0.115. The highest BCUT2D eigenvalue weighted by Crippen LogP contribution is 2.42. The third kappa shape index (κ3) is 9.07. The fourth-order valence-corrected chi connectivity index (χ4v) is 5.05. The highest BCUT2D eigenvalue weighted by atomic mass is 19.4. The predicted octanol–water partition coefficient (Wildman–Crippen LogP) is 4.55. The van der Waals surface area contributed by atoms with Gasteiger partial charge in [0.2, 0.25) is 11.5 Å². The number of aromatic nitrogens is 2. The number of urea groups is 1. The van der Waals surface area contributed by atoms with E-state index in [2.05, 4.69) is 25.9 Å². The summed E-state index contributed by atoms with van der Waals surface area (Å²) in [4.78, 5) is 46.7. The Hall–Kier alpha value is -5.35. The van der Waals surface area contributed by atoms with Gasteiger partial charge in [-0.1, -0.05) is 0 Å². The van der Waals surface area contributed by atoms with E-state index in [9.17, 15) is 42.2 Å². The molecular weight excluding hydrogens is 676 g/mol. The van der Waals surface area contributed by atoms with Gasteiger partial charge >= 0.3 is 12.2 Å². The van der Waals surface area contributed by atoms with Gasteiger partial charge in [0.05, 0.1) is 42.1 Å². The van der Waals surface area contributed by atoms with Crippen molar-refractivity contribution in [2.45, 2.75) is 58.4 Å². The average Bonchev–Trinajstić information content (AvgIpc) is 3.03. The van der Waals surface area contributed by atoms with Gasteiger partial charge in [-0.3, -0.25) is 14.6 Å². The molecule has 0 spiro atoms. The van der Waals surface area contributed by atoms with Gasteiger partial charge in [-0.15, -0.1) is 0 Å². The van der Waals surface area contributed by atoms with E-state index in [4.69, 9.17) is 10.5 Å². The van der Waals surface area contributed by atoms with E-state index in [0.29, 0.717) is 11.1 Å². The molecule has 0 unspecified atom stereocenters. The molecule has 2 heterocycles. The van der Waals surface area contributed by atoms with E-state index in [1.165, 1.54) is 38.1 Å². The number of carbonyl (C=O) groups is 3. The van der Waals surface area contributed by atoms with Gasteiger partial charge < -0.3 is 36.6 Å². The number of benzene rings is 2. The fraction of sp³-hybridized carbons (Fsp3) is 0.343. The molecule has 2 aromatic carbocycles. The first-order valence-electron chi connectivity index (χ1n) is 15.7. The predicted molar refractivity (Wildman–Crippen MR) is 181 cm³/mol. The van der Waals surface area contributed by atoms with Crippen molar-refractivity contribution < 1.29 is 46.9 Å². The van der Waals surface area contributed by atoms with Crippen LogP contribution in [0.15, 0.2) is 48.5 Å². The summed E-state index contributed by atoms with van der Waals surface area (Å²) in [7, 11) is 0. The number of carbonyl (C=O) groups excluding carboxylic acids is 3. The molecule has 0 saturated carbocycles.